The zero-order valence-corrected chi connectivity index (χ0v) is 21.8. The van der Waals surface area contributed by atoms with Crippen molar-refractivity contribution in [2.24, 2.45) is 10.3 Å². The molecule has 1 aliphatic heterocycles. The van der Waals surface area contributed by atoms with Crippen molar-refractivity contribution in [3.8, 4) is 5.75 Å². The van der Waals surface area contributed by atoms with Gasteiger partial charge in [-0.1, -0.05) is 19.9 Å². The fourth-order valence-electron chi connectivity index (χ4n) is 4.44. The van der Waals surface area contributed by atoms with Gasteiger partial charge in [-0.05, 0) is 61.6 Å². The Labute approximate surface area is 209 Å². The molecule has 1 unspecified atom stereocenters. The number of rotatable bonds is 6. The Morgan fingerprint density at radius 2 is 1.83 bits per heavy atom. The Hall–Kier alpha value is -3.38. The van der Waals surface area contributed by atoms with Crippen LogP contribution in [-0.4, -0.2) is 44.9 Å². The lowest BCUT2D eigenvalue weighted by Crippen LogP contribution is -2.42. The van der Waals surface area contributed by atoms with Crippen LogP contribution in [0.5, 0.6) is 5.75 Å². The summed E-state index contributed by atoms with van der Waals surface area (Å²) in [5, 5.41) is 24.0. The number of nitrogens with zero attached hydrogens (tertiary/aromatic N) is 1. The van der Waals surface area contributed by atoms with Crippen molar-refractivity contribution >= 4 is 48.8 Å². The topological polar surface area (TPSA) is 162 Å². The first-order valence-electron chi connectivity index (χ1n) is 11.2. The maximum Gasteiger partial charge on any atom is 0.286 e. The molecule has 0 bridgehead atoms. The molecule has 2 aliphatic rings. The smallest absolute Gasteiger partial charge is 0.286 e. The van der Waals surface area contributed by atoms with Crippen LogP contribution in [0.25, 0.3) is 5.76 Å². The van der Waals surface area contributed by atoms with Crippen molar-refractivity contribution < 1.29 is 31.8 Å². The van der Waals surface area contributed by atoms with Gasteiger partial charge in [0, 0.05) is 11.3 Å². The van der Waals surface area contributed by atoms with Gasteiger partial charge >= 0.3 is 0 Å². The number of phenols is 1. The number of aliphatic hydroxyl groups excluding tert-OH is 1. The first-order chi connectivity index (χ1) is 16.6. The van der Waals surface area contributed by atoms with E-state index in [2.05, 4.69) is 14.4 Å². The highest BCUT2D eigenvalue weighted by molar-refractivity contribution is 7.92. The second kappa shape index (κ2) is 8.63. The molecule has 0 saturated heterocycles. The summed E-state index contributed by atoms with van der Waals surface area (Å²) in [4.78, 5) is 13.6. The molecule has 192 valence electrons. The van der Waals surface area contributed by atoms with Crippen LogP contribution >= 0.6 is 0 Å². The number of phenolic OH excluding ortho intramolecular Hbond substituents is 1. The van der Waals surface area contributed by atoms with Crippen LogP contribution in [0.4, 0.5) is 11.4 Å². The van der Waals surface area contributed by atoms with Crippen LogP contribution in [0.2, 0.25) is 0 Å². The van der Waals surface area contributed by atoms with E-state index >= 15 is 0 Å². The first kappa shape index (κ1) is 25.7. The number of Topliss-reactive ketones (excluding diaryl/α,β-unsaturated/α-hetero) is 1. The highest BCUT2D eigenvalue weighted by Crippen LogP contribution is 2.45. The molecular formula is C24H27N3O7S2. The van der Waals surface area contributed by atoms with E-state index in [0.717, 1.165) is 12.3 Å². The third-order valence-electron chi connectivity index (χ3n) is 6.30. The minimum Gasteiger partial charge on any atom is -0.508 e. The van der Waals surface area contributed by atoms with Gasteiger partial charge in [0.15, 0.2) is 11.6 Å². The number of aliphatic hydroxyl groups is 1. The van der Waals surface area contributed by atoms with Gasteiger partial charge in [-0.25, -0.2) is 8.42 Å². The molecule has 4 N–H and O–H groups in total. The Morgan fingerprint density at radius 3 is 2.47 bits per heavy atom. The summed E-state index contributed by atoms with van der Waals surface area (Å²) in [5.74, 6) is -1.18. The number of carbonyl (C=O) groups is 1. The van der Waals surface area contributed by atoms with Crippen LogP contribution < -0.4 is 10.0 Å². The normalized spacial score (nSPS) is 20.9. The first-order valence-corrected chi connectivity index (χ1v) is 14.5. The van der Waals surface area contributed by atoms with E-state index < -0.39 is 37.0 Å². The van der Waals surface area contributed by atoms with Gasteiger partial charge in [0.05, 0.1) is 17.4 Å². The molecule has 1 atom stereocenters. The van der Waals surface area contributed by atoms with E-state index in [1.807, 2.05) is 13.8 Å². The van der Waals surface area contributed by atoms with Crippen molar-refractivity contribution in [1.82, 2.24) is 0 Å². The Balaban J connectivity index is 1.86. The predicted octanol–water partition coefficient (Wildman–Crippen LogP) is 3.52. The minimum atomic E-state index is -4.37. The van der Waals surface area contributed by atoms with Crippen LogP contribution in [0, 0.1) is 5.92 Å². The molecule has 1 heterocycles. The standard InChI is InChI=1S/C24H27N3O7S2/c1-13(2)9-10-24(3)17-7-6-15(28)12-16(17)21(29)20(22(24)30)23-25-18-8-5-14(26-35(4,31)32)11-19(18)36(33,34)27-23/h5-8,11-13,26,28-29H,9-10H2,1-4H3,(H,25,27). The second-order valence-electron chi connectivity index (χ2n) is 9.67. The van der Waals surface area contributed by atoms with Gasteiger partial charge in [0.2, 0.25) is 10.0 Å². The van der Waals surface area contributed by atoms with Gasteiger partial charge in [-0.2, -0.15) is 8.42 Å². The largest absolute Gasteiger partial charge is 0.508 e. The molecule has 12 heteroatoms. The maximum absolute atomic E-state index is 13.9. The lowest BCUT2D eigenvalue weighted by atomic mass is 9.66. The number of sulfonamides is 2. The molecule has 0 aromatic heterocycles. The molecule has 0 fully saturated rings. The van der Waals surface area contributed by atoms with Crippen molar-refractivity contribution in [2.45, 2.75) is 43.9 Å². The molecule has 4 rings (SSSR count). The van der Waals surface area contributed by atoms with E-state index in [1.165, 1.54) is 24.3 Å². The number of ketones is 1. The molecule has 2 aromatic carbocycles. The van der Waals surface area contributed by atoms with Gasteiger partial charge < -0.3 is 15.5 Å². The molecule has 1 aliphatic carbocycles. The lowest BCUT2D eigenvalue weighted by molar-refractivity contribution is -0.120. The average Bonchev–Trinajstić information content (AvgIpc) is 2.75. The highest BCUT2D eigenvalue weighted by atomic mass is 32.2. The molecule has 10 nitrogen and oxygen atoms in total. The SMILES string of the molecule is CC(C)CCC1(C)C(=O)C(C2=NS(=O)(=O)c3cc(NS(C)(=O)=O)ccc3N2)=C(O)c2cc(O)ccc21. The monoisotopic (exact) mass is 533 g/mol. The molecule has 0 amide bonds. The second-order valence-corrected chi connectivity index (χ2v) is 13.0. The Morgan fingerprint density at radius 1 is 1.14 bits per heavy atom. The number of anilines is 2. The number of amidine groups is 1. The quantitative estimate of drug-likeness (QED) is 0.438. The van der Waals surface area contributed by atoms with Gasteiger partial charge in [0.25, 0.3) is 10.0 Å². The molecule has 2 aromatic rings. The highest BCUT2D eigenvalue weighted by Gasteiger charge is 2.46. The summed E-state index contributed by atoms with van der Waals surface area (Å²) in [6.45, 7) is 5.77. The predicted molar refractivity (Wildman–Crippen MR) is 137 cm³/mol. The number of aromatic hydroxyl groups is 1. The maximum atomic E-state index is 13.9. The van der Waals surface area contributed by atoms with Crippen molar-refractivity contribution in [3.05, 3.63) is 53.1 Å². The summed E-state index contributed by atoms with van der Waals surface area (Å²) in [6, 6.07) is 8.20. The average molecular weight is 534 g/mol. The fourth-order valence-corrected chi connectivity index (χ4v) is 6.14. The van der Waals surface area contributed by atoms with Crippen LogP contribution in [0.1, 0.15) is 44.7 Å². The van der Waals surface area contributed by atoms with Crippen molar-refractivity contribution in [2.75, 3.05) is 16.3 Å². The molecule has 0 radical (unpaired) electrons. The number of carbonyl (C=O) groups excluding carboxylic acids is 1. The van der Waals surface area contributed by atoms with Crippen LogP contribution in [-0.2, 0) is 30.3 Å². The third-order valence-corrected chi connectivity index (χ3v) is 8.23. The minimum absolute atomic E-state index is 0.0294. The fraction of sp³-hybridized carbons (Fsp3) is 0.333. The zero-order chi connectivity index (χ0) is 26.6. The number of fused-ring (bicyclic) bond motifs is 2. The number of hydrogen-bond acceptors (Lipinski definition) is 8. The van der Waals surface area contributed by atoms with Gasteiger partial charge in [-0.3, -0.25) is 9.52 Å². The zero-order valence-electron chi connectivity index (χ0n) is 20.2. The van der Waals surface area contributed by atoms with E-state index in [9.17, 15) is 31.8 Å². The van der Waals surface area contributed by atoms with Crippen LogP contribution in [0.3, 0.4) is 0 Å². The summed E-state index contributed by atoms with van der Waals surface area (Å²) in [7, 11) is -8.02. The summed E-state index contributed by atoms with van der Waals surface area (Å²) >= 11 is 0. The Kier molecular flexibility index (Phi) is 6.16. The van der Waals surface area contributed by atoms with E-state index in [-0.39, 0.29) is 44.9 Å². The lowest BCUT2D eigenvalue weighted by Gasteiger charge is -2.36. The summed E-state index contributed by atoms with van der Waals surface area (Å²) in [6.07, 6.45) is 2.05. The third kappa shape index (κ3) is 4.58. The van der Waals surface area contributed by atoms with Crippen molar-refractivity contribution in [1.29, 1.82) is 0 Å². The molecule has 0 spiro atoms. The van der Waals surface area contributed by atoms with Gasteiger partial charge in [-0.15, -0.1) is 4.40 Å². The number of hydrogen-bond donors (Lipinski definition) is 4. The van der Waals surface area contributed by atoms with E-state index in [0.29, 0.717) is 18.4 Å². The Bertz CT molecular complexity index is 1560. The number of nitrogens with one attached hydrogen (secondary N) is 2. The number of benzene rings is 2. The summed E-state index contributed by atoms with van der Waals surface area (Å²) in [5.41, 5.74) is -0.558. The van der Waals surface area contributed by atoms with Crippen molar-refractivity contribution in [3.63, 3.8) is 0 Å². The summed E-state index contributed by atoms with van der Waals surface area (Å²) < 4.78 is 55.2. The van der Waals surface area contributed by atoms with E-state index in [1.54, 1.807) is 13.0 Å². The molecule has 36 heavy (non-hydrogen) atoms. The molecular weight excluding hydrogens is 506 g/mol. The molecule has 0 saturated carbocycles. The van der Waals surface area contributed by atoms with Gasteiger partial charge in [0.1, 0.15) is 22.0 Å². The van der Waals surface area contributed by atoms with Crippen LogP contribution in [0.15, 0.2) is 51.3 Å². The van der Waals surface area contributed by atoms with E-state index in [4.69, 9.17) is 0 Å².